The van der Waals surface area contributed by atoms with E-state index in [9.17, 15) is 0 Å². The molecule has 2 heterocycles. The zero-order valence-electron chi connectivity index (χ0n) is 10.2. The standard InChI is InChI=1S/C12H19N5/c1-2-3-9-5-7-17(8-9)12-15-6-4-10(16-12)11(13)14/h4,6,9H,2-3,5,7-8H2,1H3,(H3,13,14). The summed E-state index contributed by atoms with van der Waals surface area (Å²) in [7, 11) is 0. The predicted molar refractivity (Wildman–Crippen MR) is 68.3 cm³/mol. The van der Waals surface area contributed by atoms with Gasteiger partial charge in [0.1, 0.15) is 11.5 Å². The molecule has 5 heteroatoms. The molecule has 2 rings (SSSR count). The van der Waals surface area contributed by atoms with Crippen molar-refractivity contribution in [1.29, 1.82) is 5.41 Å². The van der Waals surface area contributed by atoms with Gasteiger partial charge in [0, 0.05) is 19.3 Å². The molecular formula is C12H19N5. The number of nitrogen functional groups attached to an aromatic ring is 1. The molecule has 0 spiro atoms. The molecule has 1 aromatic heterocycles. The Hall–Kier alpha value is -1.65. The highest BCUT2D eigenvalue weighted by Crippen LogP contribution is 2.23. The first-order valence-corrected chi connectivity index (χ1v) is 6.13. The summed E-state index contributed by atoms with van der Waals surface area (Å²) in [5.74, 6) is 1.46. The van der Waals surface area contributed by atoms with Gasteiger partial charge in [0.25, 0.3) is 0 Å². The molecule has 0 aliphatic carbocycles. The van der Waals surface area contributed by atoms with Gasteiger partial charge in [-0.1, -0.05) is 13.3 Å². The van der Waals surface area contributed by atoms with E-state index in [0.29, 0.717) is 11.6 Å². The largest absolute Gasteiger partial charge is 0.382 e. The highest BCUT2D eigenvalue weighted by molar-refractivity contribution is 5.93. The third-order valence-corrected chi connectivity index (χ3v) is 3.18. The monoisotopic (exact) mass is 233 g/mol. The first kappa shape index (κ1) is 11.8. The van der Waals surface area contributed by atoms with Crippen LogP contribution in [0.1, 0.15) is 31.9 Å². The second kappa shape index (κ2) is 5.12. The Morgan fingerprint density at radius 1 is 1.65 bits per heavy atom. The van der Waals surface area contributed by atoms with E-state index >= 15 is 0 Å². The number of nitrogens with two attached hydrogens (primary N) is 1. The van der Waals surface area contributed by atoms with Crippen molar-refractivity contribution in [2.24, 2.45) is 11.7 Å². The topological polar surface area (TPSA) is 78.9 Å². The van der Waals surface area contributed by atoms with Crippen LogP contribution in [0.15, 0.2) is 12.3 Å². The first-order chi connectivity index (χ1) is 8.20. The van der Waals surface area contributed by atoms with Crippen LogP contribution in [0.3, 0.4) is 0 Å². The second-order valence-electron chi connectivity index (χ2n) is 4.54. The molecule has 1 fully saturated rings. The van der Waals surface area contributed by atoms with Crippen molar-refractivity contribution in [3.8, 4) is 0 Å². The van der Waals surface area contributed by atoms with Gasteiger partial charge in [0.15, 0.2) is 0 Å². The van der Waals surface area contributed by atoms with E-state index in [-0.39, 0.29) is 5.84 Å². The zero-order valence-corrected chi connectivity index (χ0v) is 10.2. The molecule has 1 unspecified atom stereocenters. The summed E-state index contributed by atoms with van der Waals surface area (Å²) < 4.78 is 0. The van der Waals surface area contributed by atoms with E-state index in [2.05, 4.69) is 21.8 Å². The molecule has 0 saturated carbocycles. The highest BCUT2D eigenvalue weighted by atomic mass is 15.3. The van der Waals surface area contributed by atoms with E-state index in [0.717, 1.165) is 19.0 Å². The fourth-order valence-electron chi connectivity index (χ4n) is 2.31. The Morgan fingerprint density at radius 2 is 2.47 bits per heavy atom. The molecule has 1 aliphatic heterocycles. The fourth-order valence-corrected chi connectivity index (χ4v) is 2.31. The quantitative estimate of drug-likeness (QED) is 0.608. The van der Waals surface area contributed by atoms with Crippen molar-refractivity contribution in [1.82, 2.24) is 9.97 Å². The predicted octanol–water partition coefficient (Wildman–Crippen LogP) is 1.39. The molecule has 1 saturated heterocycles. The lowest BCUT2D eigenvalue weighted by Gasteiger charge is -2.16. The van der Waals surface area contributed by atoms with Crippen molar-refractivity contribution >= 4 is 11.8 Å². The summed E-state index contributed by atoms with van der Waals surface area (Å²) in [6, 6.07) is 1.67. The van der Waals surface area contributed by atoms with Crippen molar-refractivity contribution in [2.75, 3.05) is 18.0 Å². The molecule has 0 bridgehead atoms. The van der Waals surface area contributed by atoms with Gasteiger partial charge in [-0.3, -0.25) is 5.41 Å². The summed E-state index contributed by atoms with van der Waals surface area (Å²) >= 11 is 0. The number of rotatable bonds is 4. The maximum Gasteiger partial charge on any atom is 0.225 e. The Morgan fingerprint density at radius 3 is 3.18 bits per heavy atom. The molecule has 3 N–H and O–H groups in total. The maximum absolute atomic E-state index is 7.38. The lowest BCUT2D eigenvalue weighted by atomic mass is 10.0. The minimum atomic E-state index is -0.00189. The number of nitrogens with one attached hydrogen (secondary N) is 1. The van der Waals surface area contributed by atoms with Crippen LogP contribution in [0.5, 0.6) is 0 Å². The summed E-state index contributed by atoms with van der Waals surface area (Å²) in [6.07, 6.45) is 5.38. The van der Waals surface area contributed by atoms with Gasteiger partial charge < -0.3 is 10.6 Å². The molecule has 17 heavy (non-hydrogen) atoms. The van der Waals surface area contributed by atoms with Crippen LogP contribution in [0.2, 0.25) is 0 Å². The summed E-state index contributed by atoms with van der Waals surface area (Å²) in [6.45, 7) is 4.25. The van der Waals surface area contributed by atoms with E-state index in [1.807, 2.05) is 0 Å². The molecule has 5 nitrogen and oxygen atoms in total. The molecule has 1 aliphatic rings. The number of aromatic nitrogens is 2. The minimum absolute atomic E-state index is 0.00189. The number of anilines is 1. The normalized spacial score (nSPS) is 19.6. The Labute approximate surface area is 102 Å². The Balaban J connectivity index is 2.08. The van der Waals surface area contributed by atoms with Gasteiger partial charge in [0.05, 0.1) is 0 Å². The van der Waals surface area contributed by atoms with E-state index in [4.69, 9.17) is 11.1 Å². The van der Waals surface area contributed by atoms with Crippen LogP contribution in [-0.4, -0.2) is 28.9 Å². The van der Waals surface area contributed by atoms with Gasteiger partial charge in [0.2, 0.25) is 5.95 Å². The van der Waals surface area contributed by atoms with E-state index in [1.54, 1.807) is 12.3 Å². The lowest BCUT2D eigenvalue weighted by Crippen LogP contribution is -2.24. The van der Waals surface area contributed by atoms with E-state index in [1.165, 1.54) is 19.3 Å². The molecular weight excluding hydrogens is 214 g/mol. The maximum atomic E-state index is 7.38. The fraction of sp³-hybridized carbons (Fsp3) is 0.583. The Bertz CT molecular complexity index is 404. The van der Waals surface area contributed by atoms with Gasteiger partial charge in [-0.15, -0.1) is 0 Å². The van der Waals surface area contributed by atoms with Gasteiger partial charge in [-0.05, 0) is 24.8 Å². The molecule has 0 amide bonds. The third-order valence-electron chi connectivity index (χ3n) is 3.18. The van der Waals surface area contributed by atoms with Gasteiger partial charge in [-0.25, -0.2) is 9.97 Å². The molecule has 1 atom stereocenters. The lowest BCUT2D eigenvalue weighted by molar-refractivity contribution is 0.529. The SMILES string of the molecule is CCCC1CCN(c2nccc(C(=N)N)n2)C1. The molecule has 1 aromatic rings. The number of amidine groups is 1. The van der Waals surface area contributed by atoms with Crippen LogP contribution in [0.4, 0.5) is 5.95 Å². The third kappa shape index (κ3) is 2.72. The molecule has 0 aromatic carbocycles. The minimum Gasteiger partial charge on any atom is -0.382 e. The van der Waals surface area contributed by atoms with Gasteiger partial charge in [-0.2, -0.15) is 0 Å². The van der Waals surface area contributed by atoms with E-state index < -0.39 is 0 Å². The van der Waals surface area contributed by atoms with Crippen molar-refractivity contribution in [3.63, 3.8) is 0 Å². The summed E-state index contributed by atoms with van der Waals surface area (Å²) in [5, 5.41) is 7.38. The highest BCUT2D eigenvalue weighted by Gasteiger charge is 2.23. The van der Waals surface area contributed by atoms with Crippen LogP contribution in [0, 0.1) is 11.3 Å². The smallest absolute Gasteiger partial charge is 0.225 e. The first-order valence-electron chi connectivity index (χ1n) is 6.13. The van der Waals surface area contributed by atoms with Crippen LogP contribution < -0.4 is 10.6 Å². The van der Waals surface area contributed by atoms with Gasteiger partial charge >= 0.3 is 0 Å². The molecule has 0 radical (unpaired) electrons. The molecule has 92 valence electrons. The average molecular weight is 233 g/mol. The van der Waals surface area contributed by atoms with Crippen molar-refractivity contribution in [2.45, 2.75) is 26.2 Å². The number of nitrogens with zero attached hydrogens (tertiary/aromatic N) is 3. The van der Waals surface area contributed by atoms with Crippen LogP contribution in [-0.2, 0) is 0 Å². The van der Waals surface area contributed by atoms with Crippen molar-refractivity contribution in [3.05, 3.63) is 18.0 Å². The second-order valence-corrected chi connectivity index (χ2v) is 4.54. The summed E-state index contributed by atoms with van der Waals surface area (Å²) in [4.78, 5) is 10.8. The number of hydrogen-bond donors (Lipinski definition) is 2. The average Bonchev–Trinajstić information content (AvgIpc) is 2.78. The number of hydrogen-bond acceptors (Lipinski definition) is 4. The van der Waals surface area contributed by atoms with Crippen LogP contribution >= 0.6 is 0 Å². The van der Waals surface area contributed by atoms with Crippen molar-refractivity contribution < 1.29 is 0 Å². The summed E-state index contributed by atoms with van der Waals surface area (Å²) in [5.41, 5.74) is 5.94. The Kier molecular flexibility index (Phi) is 3.56. The van der Waals surface area contributed by atoms with Crippen LogP contribution in [0.25, 0.3) is 0 Å². The zero-order chi connectivity index (χ0) is 12.3.